The molecule has 2 aromatic rings. The van der Waals surface area contributed by atoms with Crippen LogP contribution in [0, 0.1) is 6.92 Å². The van der Waals surface area contributed by atoms with E-state index in [1.807, 2.05) is 43.3 Å². The Balaban J connectivity index is 2.22. The van der Waals surface area contributed by atoms with Gasteiger partial charge in [-0.1, -0.05) is 24.3 Å². The van der Waals surface area contributed by atoms with E-state index in [9.17, 15) is 4.79 Å². The van der Waals surface area contributed by atoms with Crippen LogP contribution < -0.4 is 4.74 Å². The molecule has 0 aromatic heterocycles. The maximum atomic E-state index is 12.4. The van der Waals surface area contributed by atoms with Crippen LogP contribution in [-0.2, 0) is 6.42 Å². The highest BCUT2D eigenvalue weighted by molar-refractivity contribution is 6.12. The molecule has 0 aliphatic heterocycles. The molecule has 2 aromatic carbocycles. The smallest absolute Gasteiger partial charge is 0.193 e. The van der Waals surface area contributed by atoms with E-state index in [2.05, 4.69) is 0 Å². The third-order valence-corrected chi connectivity index (χ3v) is 3.64. The summed E-state index contributed by atoms with van der Waals surface area (Å²) in [7, 11) is 1.66. The average Bonchev–Trinajstić information content (AvgIpc) is 2.40. The van der Waals surface area contributed by atoms with Gasteiger partial charge in [0.05, 0.1) is 7.11 Å². The summed E-state index contributed by atoms with van der Waals surface area (Å²) in [4.78, 5) is 12.4. The van der Waals surface area contributed by atoms with E-state index in [0.717, 1.165) is 40.0 Å². The van der Waals surface area contributed by atoms with Gasteiger partial charge in [-0.25, -0.2) is 0 Å². The van der Waals surface area contributed by atoms with Crippen molar-refractivity contribution in [2.45, 2.75) is 13.3 Å². The van der Waals surface area contributed by atoms with Gasteiger partial charge in [-0.3, -0.25) is 4.79 Å². The van der Waals surface area contributed by atoms with Crippen molar-refractivity contribution in [1.29, 1.82) is 0 Å². The quantitative estimate of drug-likeness (QED) is 0.651. The number of fused-ring (bicyclic) bond motifs is 2. The number of rotatable bonds is 1. The molecule has 0 radical (unpaired) electrons. The summed E-state index contributed by atoms with van der Waals surface area (Å²) in [5.74, 6) is 0.971. The highest BCUT2D eigenvalue weighted by Gasteiger charge is 2.24. The van der Waals surface area contributed by atoms with Gasteiger partial charge in [-0.15, -0.1) is 0 Å². The normalized spacial score (nSPS) is 12.9. The van der Waals surface area contributed by atoms with Gasteiger partial charge in [0.2, 0.25) is 0 Å². The monoisotopic (exact) mass is 238 g/mol. The van der Waals surface area contributed by atoms with E-state index in [1.54, 1.807) is 7.11 Å². The Morgan fingerprint density at radius 2 is 1.83 bits per heavy atom. The fraction of sp³-hybridized carbons (Fsp3) is 0.188. The first kappa shape index (κ1) is 11.0. The van der Waals surface area contributed by atoms with Gasteiger partial charge < -0.3 is 4.74 Å². The molecule has 0 fully saturated rings. The number of hydrogen-bond acceptors (Lipinski definition) is 2. The lowest BCUT2D eigenvalue weighted by Gasteiger charge is -2.21. The van der Waals surface area contributed by atoms with E-state index < -0.39 is 0 Å². The molecule has 2 nitrogen and oxygen atoms in total. The molecule has 3 rings (SSSR count). The summed E-state index contributed by atoms with van der Waals surface area (Å²) in [5, 5.41) is 0. The van der Waals surface area contributed by atoms with Crippen LogP contribution in [0.4, 0.5) is 0 Å². The Labute approximate surface area is 106 Å². The van der Waals surface area contributed by atoms with Crippen LogP contribution in [0.3, 0.4) is 0 Å². The zero-order valence-electron chi connectivity index (χ0n) is 10.5. The van der Waals surface area contributed by atoms with E-state index in [0.29, 0.717) is 0 Å². The summed E-state index contributed by atoms with van der Waals surface area (Å²) in [5.41, 5.74) is 4.91. The van der Waals surface area contributed by atoms with Crippen LogP contribution in [0.15, 0.2) is 36.4 Å². The van der Waals surface area contributed by atoms with Gasteiger partial charge in [-0.2, -0.15) is 0 Å². The van der Waals surface area contributed by atoms with Crippen LogP contribution in [0.1, 0.15) is 32.6 Å². The number of carbonyl (C=O) groups excluding carboxylic acids is 1. The van der Waals surface area contributed by atoms with Gasteiger partial charge in [0.25, 0.3) is 0 Å². The molecule has 0 bridgehead atoms. The molecule has 0 saturated carbocycles. The van der Waals surface area contributed by atoms with Crippen LogP contribution >= 0.6 is 0 Å². The zero-order valence-corrected chi connectivity index (χ0v) is 10.5. The summed E-state index contributed by atoms with van der Waals surface area (Å²) in [6.45, 7) is 2.01. The molecule has 18 heavy (non-hydrogen) atoms. The Kier molecular flexibility index (Phi) is 2.44. The fourth-order valence-electron chi connectivity index (χ4n) is 2.63. The molecule has 1 aliphatic rings. The first-order valence-corrected chi connectivity index (χ1v) is 6.01. The molecule has 0 atom stereocenters. The lowest BCUT2D eigenvalue weighted by atomic mass is 9.83. The number of carbonyl (C=O) groups is 1. The topological polar surface area (TPSA) is 26.3 Å². The standard InChI is InChI=1S/C16H14O2/c1-10-14-9-11-5-3-4-6-12(11)16(17)13(14)7-8-15(10)18-2/h3-8H,9H2,1-2H3. The second-order valence-electron chi connectivity index (χ2n) is 4.58. The van der Waals surface area contributed by atoms with Crippen molar-refractivity contribution in [1.82, 2.24) is 0 Å². The third-order valence-electron chi connectivity index (χ3n) is 3.64. The largest absolute Gasteiger partial charge is 0.496 e. The maximum absolute atomic E-state index is 12.4. The summed E-state index contributed by atoms with van der Waals surface area (Å²) < 4.78 is 5.32. The number of methoxy groups -OCH3 is 1. The Bertz CT molecular complexity index is 642. The minimum atomic E-state index is 0.123. The summed E-state index contributed by atoms with van der Waals surface area (Å²) in [6.07, 6.45) is 0.806. The highest BCUT2D eigenvalue weighted by atomic mass is 16.5. The van der Waals surface area contributed by atoms with Crippen molar-refractivity contribution in [3.8, 4) is 5.75 Å². The van der Waals surface area contributed by atoms with E-state index in [-0.39, 0.29) is 5.78 Å². The van der Waals surface area contributed by atoms with Crippen LogP contribution in [0.25, 0.3) is 0 Å². The predicted molar refractivity (Wildman–Crippen MR) is 70.4 cm³/mol. The van der Waals surface area contributed by atoms with Crippen molar-refractivity contribution in [3.05, 3.63) is 64.2 Å². The first-order chi connectivity index (χ1) is 8.72. The summed E-state index contributed by atoms with van der Waals surface area (Å²) >= 11 is 0. The highest BCUT2D eigenvalue weighted by Crippen LogP contribution is 2.33. The molecule has 0 spiro atoms. The number of hydrogen-bond donors (Lipinski definition) is 0. The lowest BCUT2D eigenvalue weighted by molar-refractivity contribution is 0.103. The van der Waals surface area contributed by atoms with Gasteiger partial charge >= 0.3 is 0 Å². The molecule has 1 aliphatic carbocycles. The van der Waals surface area contributed by atoms with Crippen molar-refractivity contribution in [2.75, 3.05) is 7.11 Å². The predicted octanol–water partition coefficient (Wildman–Crippen LogP) is 3.14. The number of ketones is 1. The molecule has 0 heterocycles. The second-order valence-corrected chi connectivity index (χ2v) is 4.58. The lowest BCUT2D eigenvalue weighted by Crippen LogP contribution is -2.16. The minimum Gasteiger partial charge on any atom is -0.496 e. The van der Waals surface area contributed by atoms with Crippen molar-refractivity contribution in [3.63, 3.8) is 0 Å². The van der Waals surface area contributed by atoms with E-state index >= 15 is 0 Å². The van der Waals surface area contributed by atoms with E-state index in [4.69, 9.17) is 4.74 Å². The van der Waals surface area contributed by atoms with Gasteiger partial charge in [0, 0.05) is 11.1 Å². The van der Waals surface area contributed by atoms with Crippen LogP contribution in [-0.4, -0.2) is 12.9 Å². The summed E-state index contributed by atoms with van der Waals surface area (Å²) in [6, 6.07) is 11.6. The molecular formula is C16H14O2. The molecule has 0 saturated heterocycles. The Morgan fingerprint density at radius 1 is 1.06 bits per heavy atom. The molecule has 0 N–H and O–H groups in total. The molecular weight excluding hydrogens is 224 g/mol. The zero-order chi connectivity index (χ0) is 12.7. The Morgan fingerprint density at radius 3 is 2.61 bits per heavy atom. The van der Waals surface area contributed by atoms with Gasteiger partial charge in [0.1, 0.15) is 5.75 Å². The van der Waals surface area contributed by atoms with Crippen molar-refractivity contribution >= 4 is 5.78 Å². The molecule has 2 heteroatoms. The molecule has 0 amide bonds. The van der Waals surface area contributed by atoms with Crippen molar-refractivity contribution < 1.29 is 9.53 Å². The minimum absolute atomic E-state index is 0.123. The maximum Gasteiger partial charge on any atom is 0.193 e. The average molecular weight is 238 g/mol. The Hall–Kier alpha value is -2.09. The third kappa shape index (κ3) is 1.46. The first-order valence-electron chi connectivity index (χ1n) is 6.01. The SMILES string of the molecule is COc1ccc2c(c1C)Cc1ccccc1C2=O. The molecule has 90 valence electrons. The van der Waals surface area contributed by atoms with Crippen LogP contribution in [0.2, 0.25) is 0 Å². The van der Waals surface area contributed by atoms with Crippen molar-refractivity contribution in [2.24, 2.45) is 0 Å². The van der Waals surface area contributed by atoms with Gasteiger partial charge in [0.15, 0.2) is 5.78 Å². The van der Waals surface area contributed by atoms with Gasteiger partial charge in [-0.05, 0) is 42.2 Å². The number of ether oxygens (including phenoxy) is 1. The van der Waals surface area contributed by atoms with E-state index in [1.165, 1.54) is 0 Å². The second kappa shape index (κ2) is 3.98. The fourth-order valence-corrected chi connectivity index (χ4v) is 2.63. The van der Waals surface area contributed by atoms with Crippen LogP contribution in [0.5, 0.6) is 5.75 Å². The number of benzene rings is 2. The molecule has 0 unspecified atom stereocenters.